The van der Waals surface area contributed by atoms with Crippen molar-refractivity contribution in [3.05, 3.63) is 29.8 Å². The summed E-state index contributed by atoms with van der Waals surface area (Å²) in [6, 6.07) is 6.35. The van der Waals surface area contributed by atoms with Gasteiger partial charge in [0.1, 0.15) is 0 Å². The maximum absolute atomic E-state index is 12.0. The molecule has 21 heavy (non-hydrogen) atoms. The lowest BCUT2D eigenvalue weighted by molar-refractivity contribution is 0.239. The predicted octanol–water partition coefficient (Wildman–Crippen LogP) is 0.982. The average Bonchev–Trinajstić information content (AvgIpc) is 2.41. The molecule has 0 aromatic heterocycles. The molecule has 0 aliphatic carbocycles. The molecule has 1 heterocycles. The molecule has 0 saturated carbocycles. The predicted molar refractivity (Wildman–Crippen MR) is 78.8 cm³/mol. The summed E-state index contributed by atoms with van der Waals surface area (Å²) in [6.45, 7) is 2.14. The highest BCUT2D eigenvalue weighted by Crippen LogP contribution is 2.20. The molecule has 1 aliphatic heterocycles. The molecule has 0 bridgehead atoms. The molecular formula is C13H19NO5S2. The van der Waals surface area contributed by atoms with Gasteiger partial charge in [0.2, 0.25) is 10.0 Å². The normalized spacial score (nSPS) is 23.0. The fraction of sp³-hybridized carbons (Fsp3) is 0.538. The molecule has 1 saturated heterocycles. The van der Waals surface area contributed by atoms with Crippen LogP contribution in [0, 0.1) is 12.8 Å². The van der Waals surface area contributed by atoms with Crippen molar-refractivity contribution in [2.24, 2.45) is 5.92 Å². The SMILES string of the molecule is Cc1ccc(S(=O)(=O)OCC2CCN(C)S(=O)(=O)C2)cc1. The van der Waals surface area contributed by atoms with Gasteiger partial charge in [-0.1, -0.05) is 17.7 Å². The van der Waals surface area contributed by atoms with Crippen LogP contribution < -0.4 is 0 Å². The topological polar surface area (TPSA) is 80.8 Å². The first-order valence-electron chi connectivity index (χ1n) is 6.61. The van der Waals surface area contributed by atoms with Crippen LogP contribution >= 0.6 is 0 Å². The standard InChI is InChI=1S/C13H19NO5S2/c1-11-3-5-13(6-4-11)21(17,18)19-9-12-7-8-14(2)20(15,16)10-12/h3-6,12H,7-10H2,1-2H3. The highest BCUT2D eigenvalue weighted by atomic mass is 32.2. The smallest absolute Gasteiger partial charge is 0.266 e. The van der Waals surface area contributed by atoms with Crippen molar-refractivity contribution in [2.45, 2.75) is 18.2 Å². The van der Waals surface area contributed by atoms with Gasteiger partial charge in [-0.05, 0) is 25.5 Å². The summed E-state index contributed by atoms with van der Waals surface area (Å²) in [6.07, 6.45) is 0.596. The van der Waals surface area contributed by atoms with Crippen LogP contribution in [0.3, 0.4) is 0 Å². The Bertz CT molecular complexity index is 695. The lowest BCUT2D eigenvalue weighted by Gasteiger charge is -2.28. The van der Waals surface area contributed by atoms with Gasteiger partial charge in [0.15, 0.2) is 0 Å². The van der Waals surface area contributed by atoms with E-state index in [1.165, 1.54) is 23.5 Å². The minimum atomic E-state index is -3.84. The Morgan fingerprint density at radius 2 is 1.90 bits per heavy atom. The van der Waals surface area contributed by atoms with E-state index in [2.05, 4.69) is 0 Å². The molecule has 8 heteroatoms. The van der Waals surface area contributed by atoms with Crippen molar-refractivity contribution in [3.8, 4) is 0 Å². The number of hydrogen-bond donors (Lipinski definition) is 0. The first-order valence-corrected chi connectivity index (χ1v) is 9.62. The van der Waals surface area contributed by atoms with Crippen LogP contribution in [0.15, 0.2) is 29.2 Å². The molecule has 0 N–H and O–H groups in total. The average molecular weight is 333 g/mol. The number of sulfonamides is 1. The zero-order chi connectivity index (χ0) is 15.7. The minimum absolute atomic E-state index is 0.0765. The summed E-state index contributed by atoms with van der Waals surface area (Å²) in [4.78, 5) is 0.0869. The molecule has 0 radical (unpaired) electrons. The second-order valence-electron chi connectivity index (χ2n) is 5.31. The molecule has 118 valence electrons. The van der Waals surface area contributed by atoms with Gasteiger partial charge in [0.05, 0.1) is 17.3 Å². The van der Waals surface area contributed by atoms with Gasteiger partial charge in [-0.2, -0.15) is 8.42 Å². The van der Waals surface area contributed by atoms with E-state index in [4.69, 9.17) is 4.18 Å². The first kappa shape index (κ1) is 16.4. The Morgan fingerprint density at radius 3 is 2.48 bits per heavy atom. The quantitative estimate of drug-likeness (QED) is 0.767. The zero-order valence-corrected chi connectivity index (χ0v) is 13.7. The van der Waals surface area contributed by atoms with Crippen molar-refractivity contribution >= 4 is 20.1 Å². The third-order valence-electron chi connectivity index (χ3n) is 3.54. The molecule has 0 spiro atoms. The van der Waals surface area contributed by atoms with E-state index in [1.54, 1.807) is 12.1 Å². The molecule has 6 nitrogen and oxygen atoms in total. The van der Waals surface area contributed by atoms with Crippen LogP contribution in [0.1, 0.15) is 12.0 Å². The fourth-order valence-corrected chi connectivity index (χ4v) is 4.58. The summed E-state index contributed by atoms with van der Waals surface area (Å²) in [5, 5.41) is 0. The lowest BCUT2D eigenvalue weighted by atomic mass is 10.1. The summed E-state index contributed by atoms with van der Waals surface area (Å²) < 4.78 is 53.9. The van der Waals surface area contributed by atoms with Crippen molar-refractivity contribution in [1.82, 2.24) is 4.31 Å². The number of benzene rings is 1. The minimum Gasteiger partial charge on any atom is -0.266 e. The second kappa shape index (κ2) is 6.04. The summed E-state index contributed by atoms with van der Waals surface area (Å²) in [5.41, 5.74) is 0.954. The van der Waals surface area contributed by atoms with Crippen LogP contribution in [-0.2, 0) is 24.3 Å². The maximum Gasteiger partial charge on any atom is 0.296 e. The summed E-state index contributed by atoms with van der Waals surface area (Å²) in [5.74, 6) is -0.376. The van der Waals surface area contributed by atoms with Gasteiger partial charge in [0, 0.05) is 19.5 Å². The first-order chi connectivity index (χ1) is 9.71. The van der Waals surface area contributed by atoms with Crippen LogP contribution in [-0.4, -0.2) is 47.1 Å². The molecule has 1 atom stereocenters. The van der Waals surface area contributed by atoms with Crippen LogP contribution in [0.5, 0.6) is 0 Å². The molecule has 2 rings (SSSR count). The third-order valence-corrected chi connectivity index (χ3v) is 6.86. The van der Waals surface area contributed by atoms with Gasteiger partial charge in [-0.15, -0.1) is 0 Å². The summed E-state index contributed by atoms with van der Waals surface area (Å²) in [7, 11) is -5.60. The Labute approximate surface area is 125 Å². The molecule has 1 aromatic carbocycles. The van der Waals surface area contributed by atoms with Gasteiger partial charge < -0.3 is 0 Å². The van der Waals surface area contributed by atoms with E-state index >= 15 is 0 Å². The van der Waals surface area contributed by atoms with Crippen LogP contribution in [0.2, 0.25) is 0 Å². The van der Waals surface area contributed by atoms with Crippen LogP contribution in [0.4, 0.5) is 0 Å². The number of rotatable bonds is 4. The zero-order valence-electron chi connectivity index (χ0n) is 12.0. The van der Waals surface area contributed by atoms with Gasteiger partial charge in [-0.25, -0.2) is 12.7 Å². The Balaban J connectivity index is 2.01. The Hall–Kier alpha value is -0.960. The Morgan fingerprint density at radius 1 is 1.29 bits per heavy atom. The van der Waals surface area contributed by atoms with E-state index in [0.29, 0.717) is 13.0 Å². The monoisotopic (exact) mass is 333 g/mol. The molecule has 1 aromatic rings. The van der Waals surface area contributed by atoms with Crippen molar-refractivity contribution < 1.29 is 21.0 Å². The van der Waals surface area contributed by atoms with Gasteiger partial charge in [0.25, 0.3) is 10.1 Å². The second-order valence-corrected chi connectivity index (χ2v) is 9.04. The lowest BCUT2D eigenvalue weighted by Crippen LogP contribution is -2.40. The molecular weight excluding hydrogens is 314 g/mol. The largest absolute Gasteiger partial charge is 0.296 e. The van der Waals surface area contributed by atoms with E-state index < -0.39 is 20.1 Å². The van der Waals surface area contributed by atoms with E-state index in [9.17, 15) is 16.8 Å². The van der Waals surface area contributed by atoms with Crippen molar-refractivity contribution in [2.75, 3.05) is 26.0 Å². The number of aryl methyl sites for hydroxylation is 1. The number of nitrogens with zero attached hydrogens (tertiary/aromatic N) is 1. The van der Waals surface area contributed by atoms with Gasteiger partial charge >= 0.3 is 0 Å². The van der Waals surface area contributed by atoms with Crippen LogP contribution in [0.25, 0.3) is 0 Å². The Kier molecular flexibility index (Phi) is 4.72. The molecule has 1 aliphatic rings. The van der Waals surface area contributed by atoms with Crippen molar-refractivity contribution in [3.63, 3.8) is 0 Å². The van der Waals surface area contributed by atoms with E-state index in [0.717, 1.165) is 5.56 Å². The number of hydrogen-bond acceptors (Lipinski definition) is 5. The molecule has 1 fully saturated rings. The highest BCUT2D eigenvalue weighted by Gasteiger charge is 2.30. The summed E-state index contributed by atoms with van der Waals surface area (Å²) >= 11 is 0. The molecule has 0 amide bonds. The fourth-order valence-electron chi connectivity index (χ4n) is 2.10. The maximum atomic E-state index is 12.0. The van der Waals surface area contributed by atoms with Gasteiger partial charge in [-0.3, -0.25) is 4.18 Å². The molecule has 1 unspecified atom stereocenters. The van der Waals surface area contributed by atoms with E-state index in [1.807, 2.05) is 6.92 Å². The highest BCUT2D eigenvalue weighted by molar-refractivity contribution is 7.89. The van der Waals surface area contributed by atoms with E-state index in [-0.39, 0.29) is 23.2 Å². The third kappa shape index (κ3) is 4.03. The van der Waals surface area contributed by atoms with Crippen molar-refractivity contribution in [1.29, 1.82) is 0 Å².